The highest BCUT2D eigenvalue weighted by Gasteiger charge is 2.55. The van der Waals surface area contributed by atoms with Gasteiger partial charge >= 0.3 is 18.4 Å². The number of nitrogens with one attached hydrogen (secondary N) is 2. The molecule has 0 fully saturated rings. The Morgan fingerprint density at radius 2 is 1.81 bits per heavy atom. The van der Waals surface area contributed by atoms with E-state index in [1.165, 1.54) is 12.3 Å². The van der Waals surface area contributed by atoms with Crippen molar-refractivity contribution >= 4 is 17.6 Å². The molecule has 1 aliphatic rings. The van der Waals surface area contributed by atoms with E-state index in [9.17, 15) is 22.4 Å². The summed E-state index contributed by atoms with van der Waals surface area (Å²) in [6.07, 6.45) is -7.43. The van der Waals surface area contributed by atoms with E-state index in [2.05, 4.69) is 25.1 Å². The summed E-state index contributed by atoms with van der Waals surface area (Å²) in [5, 5.41) is 5.93. The van der Waals surface area contributed by atoms with E-state index in [1.54, 1.807) is 56.3 Å². The number of ether oxygens (including phenoxy) is 2. The zero-order chi connectivity index (χ0) is 26.1. The summed E-state index contributed by atoms with van der Waals surface area (Å²) in [5.41, 5.74) is -1.28. The second kappa shape index (κ2) is 9.59. The summed E-state index contributed by atoms with van der Waals surface area (Å²) in [7, 11) is 0. The minimum absolute atomic E-state index is 0.0796. The predicted molar refractivity (Wildman–Crippen MR) is 124 cm³/mol. The fraction of sp³-hybridized carbons (Fsp3) is 0.280. The fourth-order valence-electron chi connectivity index (χ4n) is 4.01. The lowest BCUT2D eigenvalue weighted by Crippen LogP contribution is -2.54. The minimum atomic E-state index is -4.51. The first-order chi connectivity index (χ1) is 16.9. The van der Waals surface area contributed by atoms with Crippen molar-refractivity contribution in [1.82, 2.24) is 15.6 Å². The molecule has 36 heavy (non-hydrogen) atoms. The molecule has 1 aliphatic heterocycles. The molecule has 0 saturated carbocycles. The van der Waals surface area contributed by atoms with Crippen LogP contribution in [0.4, 0.5) is 22.4 Å². The Morgan fingerprint density at radius 1 is 1.08 bits per heavy atom. The Labute approximate surface area is 209 Å². The molecule has 0 spiro atoms. The summed E-state index contributed by atoms with van der Waals surface area (Å²) in [5.74, 6) is -0.746. The van der Waals surface area contributed by atoms with Crippen LogP contribution in [0, 0.1) is 0 Å². The number of hydrogen-bond acceptors (Lipinski definition) is 4. The van der Waals surface area contributed by atoms with Gasteiger partial charge in [-0.05, 0) is 49.2 Å². The molecule has 0 bridgehead atoms. The summed E-state index contributed by atoms with van der Waals surface area (Å²) in [4.78, 5) is 17.4. The van der Waals surface area contributed by atoms with Crippen LogP contribution in [0.2, 0.25) is 5.02 Å². The maximum absolute atomic E-state index is 14.7. The predicted octanol–water partition coefficient (Wildman–Crippen LogP) is 5.94. The Morgan fingerprint density at radius 3 is 2.44 bits per heavy atom. The second-order valence-corrected chi connectivity index (χ2v) is 9.01. The van der Waals surface area contributed by atoms with E-state index >= 15 is 0 Å². The van der Waals surface area contributed by atoms with E-state index < -0.39 is 35.3 Å². The number of rotatable bonds is 6. The van der Waals surface area contributed by atoms with Crippen molar-refractivity contribution in [3.05, 3.63) is 94.3 Å². The molecule has 190 valence electrons. The average Bonchev–Trinajstić information content (AvgIpc) is 2.78. The monoisotopic (exact) mass is 523 g/mol. The number of amides is 2. The van der Waals surface area contributed by atoms with Crippen LogP contribution in [0.3, 0.4) is 0 Å². The van der Waals surface area contributed by atoms with Gasteiger partial charge in [-0.1, -0.05) is 48.0 Å². The number of carbonyl (C=O) groups is 1. The highest BCUT2D eigenvalue weighted by molar-refractivity contribution is 6.30. The van der Waals surface area contributed by atoms with Crippen LogP contribution in [0.5, 0.6) is 5.75 Å². The van der Waals surface area contributed by atoms with Gasteiger partial charge in [-0.15, -0.1) is 8.78 Å². The molecule has 2 N–H and O–H groups in total. The van der Waals surface area contributed by atoms with Crippen molar-refractivity contribution in [3.8, 4) is 5.75 Å². The number of halogens is 5. The van der Waals surface area contributed by atoms with Gasteiger partial charge in [-0.3, -0.25) is 4.98 Å². The van der Waals surface area contributed by atoms with Crippen LogP contribution >= 0.6 is 11.6 Å². The van der Waals surface area contributed by atoms with Crippen LogP contribution in [0.25, 0.3) is 0 Å². The van der Waals surface area contributed by atoms with Gasteiger partial charge in [0.05, 0.1) is 16.3 Å². The maximum Gasteiger partial charge on any atom is 0.540 e. The zero-order valence-electron chi connectivity index (χ0n) is 19.2. The van der Waals surface area contributed by atoms with Crippen LogP contribution < -0.4 is 15.4 Å². The molecule has 2 aromatic carbocycles. The normalized spacial score (nSPS) is 17.4. The molecule has 0 unspecified atom stereocenters. The van der Waals surface area contributed by atoms with Gasteiger partial charge < -0.3 is 15.4 Å². The molecular weight excluding hydrogens is 502 g/mol. The van der Waals surface area contributed by atoms with Gasteiger partial charge in [-0.25, -0.2) is 9.53 Å². The topological polar surface area (TPSA) is 72.5 Å². The molecule has 1 atom stereocenters. The molecule has 11 heteroatoms. The zero-order valence-corrected chi connectivity index (χ0v) is 20.0. The molecule has 3 aromatic rings. The first kappa shape index (κ1) is 25.7. The van der Waals surface area contributed by atoms with E-state index in [-0.39, 0.29) is 23.7 Å². The molecular formula is C25H22ClF4N3O3. The Bertz CT molecular complexity index is 1240. The standard InChI is InChI=1S/C25H22ClF4N3O3/c1-15(2)32-22(34)33-23(13-16-6-4-3-5-7-16,21-11-9-18(26)14-31-21)17-8-10-20-19(12-17)24(27,28)36-25(29,30)35-20/h3-12,14-15H,13H2,1-2H3,(H2,32,33,34)/t23-/m1/s1. The van der Waals surface area contributed by atoms with E-state index in [0.717, 1.165) is 17.7 Å². The lowest BCUT2D eigenvalue weighted by molar-refractivity contribution is -0.461. The van der Waals surface area contributed by atoms with E-state index in [4.69, 9.17) is 11.6 Å². The van der Waals surface area contributed by atoms with Crippen molar-refractivity contribution in [2.45, 2.75) is 44.3 Å². The SMILES string of the molecule is CC(C)NC(=O)N[C@](Cc1ccccc1)(c1ccc2c(c1)C(F)(F)OC(F)(F)O2)c1ccc(Cl)cn1. The lowest BCUT2D eigenvalue weighted by Gasteiger charge is -2.37. The van der Waals surface area contributed by atoms with Crippen molar-refractivity contribution in [3.63, 3.8) is 0 Å². The van der Waals surface area contributed by atoms with Gasteiger partial charge in [0.1, 0.15) is 11.3 Å². The number of pyridine rings is 1. The summed E-state index contributed by atoms with van der Waals surface area (Å²) in [6, 6.07) is 14.5. The third kappa shape index (κ3) is 5.39. The fourth-order valence-corrected chi connectivity index (χ4v) is 4.12. The van der Waals surface area contributed by atoms with Crippen LogP contribution in [0.15, 0.2) is 66.9 Å². The summed E-state index contributed by atoms with van der Waals surface area (Å²) < 4.78 is 64.4. The molecule has 0 radical (unpaired) electrons. The maximum atomic E-state index is 14.7. The largest absolute Gasteiger partial charge is 0.540 e. The van der Waals surface area contributed by atoms with Crippen molar-refractivity contribution in [2.24, 2.45) is 0 Å². The number of carbonyl (C=O) groups excluding carboxylic acids is 1. The Kier molecular flexibility index (Phi) is 6.85. The number of hydrogen-bond donors (Lipinski definition) is 2. The van der Waals surface area contributed by atoms with Crippen molar-refractivity contribution in [1.29, 1.82) is 0 Å². The Hall–Kier alpha value is -3.37. The molecule has 0 aliphatic carbocycles. The van der Waals surface area contributed by atoms with Crippen LogP contribution in [-0.2, 0) is 22.8 Å². The summed E-state index contributed by atoms with van der Waals surface area (Å²) >= 11 is 6.04. The van der Waals surface area contributed by atoms with Gasteiger partial charge in [0.25, 0.3) is 0 Å². The number of urea groups is 1. The third-order valence-corrected chi connectivity index (χ3v) is 5.71. The molecule has 6 nitrogen and oxygen atoms in total. The number of aromatic nitrogens is 1. The van der Waals surface area contributed by atoms with Crippen LogP contribution in [-0.4, -0.2) is 23.4 Å². The van der Waals surface area contributed by atoms with Crippen molar-refractivity contribution in [2.75, 3.05) is 0 Å². The minimum Gasteiger partial charge on any atom is -0.409 e. The number of nitrogens with zero attached hydrogens (tertiary/aromatic N) is 1. The number of fused-ring (bicyclic) bond motifs is 1. The highest BCUT2D eigenvalue weighted by atomic mass is 35.5. The quantitative estimate of drug-likeness (QED) is 0.392. The third-order valence-electron chi connectivity index (χ3n) is 5.49. The molecule has 4 rings (SSSR count). The Balaban J connectivity index is 1.94. The molecule has 2 amide bonds. The highest BCUT2D eigenvalue weighted by Crippen LogP contribution is 2.48. The summed E-state index contributed by atoms with van der Waals surface area (Å²) in [6.45, 7) is 3.51. The first-order valence-corrected chi connectivity index (χ1v) is 11.3. The van der Waals surface area contributed by atoms with Crippen LogP contribution in [0.1, 0.15) is 36.2 Å². The van der Waals surface area contributed by atoms with Crippen molar-refractivity contribution < 1.29 is 31.8 Å². The van der Waals surface area contributed by atoms with Gasteiger partial charge in [0.15, 0.2) is 0 Å². The number of alkyl halides is 4. The number of benzene rings is 2. The average molecular weight is 524 g/mol. The lowest BCUT2D eigenvalue weighted by atomic mass is 9.79. The van der Waals surface area contributed by atoms with Gasteiger partial charge in [0.2, 0.25) is 0 Å². The van der Waals surface area contributed by atoms with E-state index in [1.807, 2.05) is 0 Å². The molecule has 1 aromatic heterocycles. The molecule has 0 saturated heterocycles. The van der Waals surface area contributed by atoms with Gasteiger partial charge in [0, 0.05) is 18.7 Å². The molecule has 2 heterocycles. The smallest absolute Gasteiger partial charge is 0.409 e. The second-order valence-electron chi connectivity index (χ2n) is 8.58. The first-order valence-electron chi connectivity index (χ1n) is 10.9. The van der Waals surface area contributed by atoms with Gasteiger partial charge in [-0.2, -0.15) is 8.78 Å². The van der Waals surface area contributed by atoms with E-state index in [0.29, 0.717) is 5.02 Å².